The van der Waals surface area contributed by atoms with Gasteiger partial charge in [0.25, 0.3) is 0 Å². The Morgan fingerprint density at radius 1 is 1.27 bits per heavy atom. The minimum absolute atomic E-state index is 0.275. The average molecular weight is 242 g/mol. The van der Waals surface area contributed by atoms with Gasteiger partial charge in [0.1, 0.15) is 0 Å². The van der Waals surface area contributed by atoms with Gasteiger partial charge in [-0.1, -0.05) is 18.2 Å². The minimum atomic E-state index is -3.30. The second kappa shape index (κ2) is 4.55. The van der Waals surface area contributed by atoms with Crippen LogP contribution in [-0.4, -0.2) is 37.3 Å². The van der Waals surface area contributed by atoms with Gasteiger partial charge < -0.3 is 0 Å². The molecule has 0 spiro atoms. The molecule has 5 heteroatoms. The molecule has 0 N–H and O–H groups in total. The van der Waals surface area contributed by atoms with Gasteiger partial charge in [0, 0.05) is 30.7 Å². The molecule has 0 saturated carbocycles. The van der Waals surface area contributed by atoms with E-state index in [2.05, 4.69) is 6.07 Å². The summed E-state index contributed by atoms with van der Waals surface area (Å²) in [6, 6.07) is 9.49. The number of benzene rings is 1. The Morgan fingerprint density at radius 3 is 2.60 bits per heavy atom. The Kier molecular flexibility index (Phi) is 3.33. The Morgan fingerprint density at radius 2 is 2.00 bits per heavy atom. The van der Waals surface area contributed by atoms with Crippen molar-refractivity contribution in [3.8, 4) is 0 Å². The first-order chi connectivity index (χ1) is 7.21. The van der Waals surface area contributed by atoms with Gasteiger partial charge in [-0.2, -0.15) is 16.1 Å². The monoisotopic (exact) mass is 242 g/mol. The highest BCUT2D eigenvalue weighted by Gasteiger charge is 2.25. The van der Waals surface area contributed by atoms with Crippen molar-refractivity contribution in [1.82, 2.24) is 4.31 Å². The van der Waals surface area contributed by atoms with Crippen LogP contribution in [0.3, 0.4) is 0 Å². The molecule has 0 aromatic heterocycles. The Balaban J connectivity index is 2.26. The van der Waals surface area contributed by atoms with Gasteiger partial charge >= 0.3 is 0 Å². The van der Waals surface area contributed by atoms with E-state index in [1.165, 1.54) is 4.31 Å². The van der Waals surface area contributed by atoms with Crippen molar-refractivity contribution in [1.29, 1.82) is 0 Å². The summed E-state index contributed by atoms with van der Waals surface area (Å²) in [5, 5.41) is 0. The summed E-state index contributed by atoms with van der Waals surface area (Å²) in [5.74, 6) is 1.76. The van der Waals surface area contributed by atoms with Crippen LogP contribution in [0.1, 0.15) is 0 Å². The highest BCUT2D eigenvalue weighted by molar-refractivity contribution is 7.99. The van der Waals surface area contributed by atoms with Gasteiger partial charge in [0.2, 0.25) is 10.0 Å². The van der Waals surface area contributed by atoms with Gasteiger partial charge in [-0.05, 0) is 6.07 Å². The fraction of sp³-hybridized carbons (Fsp3) is 0.400. The summed E-state index contributed by atoms with van der Waals surface area (Å²) in [6.45, 7) is 1.21. The lowest BCUT2D eigenvalue weighted by molar-refractivity contribution is 0.443. The molecular weight excluding hydrogens is 230 g/mol. The first-order valence-electron chi connectivity index (χ1n) is 4.76. The third kappa shape index (κ3) is 2.35. The molecule has 81 valence electrons. The molecule has 0 bridgehead atoms. The van der Waals surface area contributed by atoms with Crippen LogP contribution >= 0.6 is 11.8 Å². The molecule has 1 aliphatic rings. The molecule has 0 aliphatic carbocycles. The largest absolute Gasteiger partial charge is 0.243 e. The first-order valence-corrected chi connectivity index (χ1v) is 7.35. The normalized spacial score (nSPS) is 18.9. The predicted octanol–water partition coefficient (Wildman–Crippen LogP) is 1.22. The quantitative estimate of drug-likeness (QED) is 0.782. The predicted molar refractivity (Wildman–Crippen MR) is 61.4 cm³/mol. The van der Waals surface area contributed by atoms with Crippen LogP contribution in [0.25, 0.3) is 0 Å². The summed E-state index contributed by atoms with van der Waals surface area (Å²) < 4.78 is 25.7. The molecule has 1 radical (unpaired) electrons. The van der Waals surface area contributed by atoms with Crippen LogP contribution in [0.4, 0.5) is 0 Å². The number of hydrogen-bond acceptors (Lipinski definition) is 3. The van der Waals surface area contributed by atoms with Crippen LogP contribution in [0.15, 0.2) is 29.2 Å². The zero-order valence-corrected chi connectivity index (χ0v) is 9.85. The molecular formula is C10H12NO2S2. The molecule has 1 heterocycles. The van der Waals surface area contributed by atoms with Gasteiger partial charge in [-0.3, -0.25) is 0 Å². The Labute approximate surface area is 94.5 Å². The molecule has 1 aliphatic heterocycles. The molecule has 0 amide bonds. The molecule has 3 nitrogen and oxygen atoms in total. The van der Waals surface area contributed by atoms with Crippen molar-refractivity contribution in [2.24, 2.45) is 0 Å². The van der Waals surface area contributed by atoms with E-state index in [-0.39, 0.29) is 4.90 Å². The standard InChI is InChI=1S/C10H12NO2S2/c12-15(13,10-4-2-1-3-5-10)11-6-8-14-9-7-11/h1-4H,6-9H2. The maximum Gasteiger partial charge on any atom is 0.243 e. The summed E-state index contributed by atoms with van der Waals surface area (Å²) in [5.41, 5.74) is 0. The number of rotatable bonds is 2. The number of thioether (sulfide) groups is 1. The number of sulfonamides is 1. The van der Waals surface area contributed by atoms with Crippen LogP contribution in [0, 0.1) is 6.07 Å². The fourth-order valence-corrected chi connectivity index (χ4v) is 4.01. The maximum atomic E-state index is 12.1. The number of nitrogens with zero attached hydrogens (tertiary/aromatic N) is 1. The lowest BCUT2D eigenvalue weighted by Crippen LogP contribution is -2.37. The zero-order valence-electron chi connectivity index (χ0n) is 8.22. The van der Waals surface area contributed by atoms with Crippen LogP contribution in [0.5, 0.6) is 0 Å². The van der Waals surface area contributed by atoms with Crippen molar-refractivity contribution >= 4 is 21.8 Å². The third-order valence-electron chi connectivity index (χ3n) is 2.27. The van der Waals surface area contributed by atoms with Crippen molar-refractivity contribution in [3.05, 3.63) is 30.3 Å². The first kappa shape index (κ1) is 11.0. The smallest absolute Gasteiger partial charge is 0.207 e. The highest BCUT2D eigenvalue weighted by atomic mass is 32.2. The third-order valence-corrected chi connectivity index (χ3v) is 5.07. The molecule has 15 heavy (non-hydrogen) atoms. The van der Waals surface area contributed by atoms with E-state index in [4.69, 9.17) is 0 Å². The second-order valence-corrected chi connectivity index (χ2v) is 6.37. The second-order valence-electron chi connectivity index (χ2n) is 3.24. The summed E-state index contributed by atoms with van der Waals surface area (Å²) in [6.07, 6.45) is 0. The summed E-state index contributed by atoms with van der Waals surface area (Å²) in [4.78, 5) is 0.275. The zero-order chi connectivity index (χ0) is 10.7. The van der Waals surface area contributed by atoms with Crippen LogP contribution < -0.4 is 0 Å². The van der Waals surface area contributed by atoms with Gasteiger partial charge in [-0.15, -0.1) is 0 Å². The van der Waals surface area contributed by atoms with Gasteiger partial charge in [0.05, 0.1) is 4.90 Å². The Hall–Kier alpha value is -0.520. The SMILES string of the molecule is O=S(=O)(c1[c]cccc1)N1CCSCC1. The van der Waals surface area contributed by atoms with Crippen LogP contribution in [-0.2, 0) is 10.0 Å². The summed E-state index contributed by atoms with van der Waals surface area (Å²) >= 11 is 1.79. The maximum absolute atomic E-state index is 12.1. The molecule has 1 aromatic carbocycles. The van der Waals surface area contributed by atoms with Crippen molar-refractivity contribution < 1.29 is 8.42 Å². The van der Waals surface area contributed by atoms with E-state index in [1.54, 1.807) is 36.0 Å². The highest BCUT2D eigenvalue weighted by Crippen LogP contribution is 2.19. The molecule has 2 rings (SSSR count). The number of hydrogen-bond donors (Lipinski definition) is 0. The lowest BCUT2D eigenvalue weighted by Gasteiger charge is -2.25. The van der Waals surface area contributed by atoms with E-state index in [9.17, 15) is 8.42 Å². The molecule has 0 unspecified atom stereocenters. The van der Waals surface area contributed by atoms with E-state index in [0.29, 0.717) is 13.1 Å². The topological polar surface area (TPSA) is 37.4 Å². The van der Waals surface area contributed by atoms with E-state index < -0.39 is 10.0 Å². The van der Waals surface area contributed by atoms with Crippen LogP contribution in [0.2, 0.25) is 0 Å². The fourth-order valence-electron chi connectivity index (χ4n) is 1.46. The Bertz CT molecular complexity index is 410. The van der Waals surface area contributed by atoms with Crippen molar-refractivity contribution in [3.63, 3.8) is 0 Å². The molecule has 0 atom stereocenters. The van der Waals surface area contributed by atoms with Gasteiger partial charge in [-0.25, -0.2) is 8.42 Å². The van der Waals surface area contributed by atoms with E-state index in [1.807, 2.05) is 0 Å². The van der Waals surface area contributed by atoms with E-state index >= 15 is 0 Å². The van der Waals surface area contributed by atoms with Gasteiger partial charge in [0.15, 0.2) is 0 Å². The minimum Gasteiger partial charge on any atom is -0.207 e. The van der Waals surface area contributed by atoms with E-state index in [0.717, 1.165) is 11.5 Å². The molecule has 1 aromatic rings. The summed E-state index contributed by atoms with van der Waals surface area (Å²) in [7, 11) is -3.30. The average Bonchev–Trinajstić information content (AvgIpc) is 2.31. The van der Waals surface area contributed by atoms with Crippen molar-refractivity contribution in [2.75, 3.05) is 24.6 Å². The lowest BCUT2D eigenvalue weighted by atomic mass is 10.4. The van der Waals surface area contributed by atoms with Crippen molar-refractivity contribution in [2.45, 2.75) is 4.90 Å². The molecule has 1 saturated heterocycles. The molecule has 1 fully saturated rings.